The van der Waals surface area contributed by atoms with Gasteiger partial charge in [0.15, 0.2) is 6.04 Å². The van der Waals surface area contributed by atoms with Crippen LogP contribution in [0.3, 0.4) is 0 Å². The summed E-state index contributed by atoms with van der Waals surface area (Å²) in [5.41, 5.74) is -0.118. The van der Waals surface area contributed by atoms with Crippen molar-refractivity contribution in [1.29, 1.82) is 0 Å². The second-order valence-electron chi connectivity index (χ2n) is 2.77. The highest BCUT2D eigenvalue weighted by Gasteiger charge is 2.20. The number of hydrogen-bond donors (Lipinski definition) is 3. The number of nitrogens with zero attached hydrogens (tertiary/aromatic N) is 2. The Hall–Kier alpha value is -1.73. The van der Waals surface area contributed by atoms with Crippen LogP contribution in [0.1, 0.15) is 10.5 Å². The lowest BCUT2D eigenvalue weighted by Gasteiger charge is -2.10. The quantitative estimate of drug-likeness (QED) is 0.647. The molecule has 0 bridgehead atoms. The van der Waals surface area contributed by atoms with Crippen LogP contribution in [0.15, 0.2) is 12.4 Å². The zero-order chi connectivity index (χ0) is 12.1. The smallest absolute Gasteiger partial charge is 0.328 e. The first-order valence-electron chi connectivity index (χ1n) is 4.16. The molecule has 0 saturated heterocycles. The van der Waals surface area contributed by atoms with Crippen LogP contribution in [-0.2, 0) is 4.79 Å². The average Bonchev–Trinajstić information content (AvgIpc) is 2.25. The molecule has 0 saturated carbocycles. The van der Waals surface area contributed by atoms with Crippen LogP contribution in [0.2, 0.25) is 5.15 Å². The monoisotopic (exact) mass is 245 g/mol. The fraction of sp³-hybridized carbons (Fsp3) is 0.250. The highest BCUT2D eigenvalue weighted by atomic mass is 35.5. The van der Waals surface area contributed by atoms with Gasteiger partial charge in [-0.3, -0.25) is 9.78 Å². The van der Waals surface area contributed by atoms with Crippen molar-refractivity contribution < 1.29 is 19.8 Å². The number of rotatable bonds is 4. The lowest BCUT2D eigenvalue weighted by Crippen LogP contribution is -2.43. The van der Waals surface area contributed by atoms with E-state index in [-0.39, 0.29) is 10.8 Å². The number of carboxylic acids is 1. The first kappa shape index (κ1) is 12.3. The van der Waals surface area contributed by atoms with E-state index < -0.39 is 24.5 Å². The van der Waals surface area contributed by atoms with Gasteiger partial charge in [-0.1, -0.05) is 11.6 Å². The van der Waals surface area contributed by atoms with Crippen molar-refractivity contribution in [2.24, 2.45) is 0 Å². The third-order valence-electron chi connectivity index (χ3n) is 1.62. The number of aromatic nitrogens is 2. The number of nitrogens with one attached hydrogen (secondary N) is 1. The Morgan fingerprint density at radius 1 is 1.50 bits per heavy atom. The largest absolute Gasteiger partial charge is 0.480 e. The van der Waals surface area contributed by atoms with Gasteiger partial charge in [-0.25, -0.2) is 9.78 Å². The van der Waals surface area contributed by atoms with E-state index in [2.05, 4.69) is 15.3 Å². The van der Waals surface area contributed by atoms with Gasteiger partial charge in [-0.15, -0.1) is 0 Å². The van der Waals surface area contributed by atoms with Gasteiger partial charge in [0.25, 0.3) is 5.91 Å². The predicted octanol–water partition coefficient (Wildman–Crippen LogP) is -0.695. The molecule has 1 aromatic rings. The van der Waals surface area contributed by atoms with E-state index in [0.29, 0.717) is 0 Å². The maximum Gasteiger partial charge on any atom is 0.328 e. The zero-order valence-electron chi connectivity index (χ0n) is 7.92. The molecule has 1 heterocycles. The van der Waals surface area contributed by atoms with Crippen molar-refractivity contribution in [1.82, 2.24) is 15.3 Å². The van der Waals surface area contributed by atoms with Crippen LogP contribution in [0.4, 0.5) is 0 Å². The van der Waals surface area contributed by atoms with E-state index in [1.165, 1.54) is 6.20 Å². The molecule has 0 spiro atoms. The molecular weight excluding hydrogens is 238 g/mol. The molecule has 7 nitrogen and oxygen atoms in total. The Morgan fingerprint density at radius 2 is 2.19 bits per heavy atom. The summed E-state index contributed by atoms with van der Waals surface area (Å²) in [5, 5.41) is 19.4. The van der Waals surface area contributed by atoms with E-state index in [4.69, 9.17) is 21.8 Å². The molecule has 1 aromatic heterocycles. The molecule has 0 aliphatic rings. The maximum absolute atomic E-state index is 11.4. The third-order valence-corrected chi connectivity index (χ3v) is 1.81. The molecule has 1 rings (SSSR count). The van der Waals surface area contributed by atoms with Gasteiger partial charge < -0.3 is 15.5 Å². The molecule has 1 amide bonds. The normalized spacial score (nSPS) is 11.9. The minimum atomic E-state index is -1.38. The van der Waals surface area contributed by atoms with E-state index in [9.17, 15) is 9.59 Å². The van der Waals surface area contributed by atoms with Gasteiger partial charge >= 0.3 is 5.97 Å². The molecule has 0 fully saturated rings. The molecule has 0 radical (unpaired) electrons. The van der Waals surface area contributed by atoms with Crippen LogP contribution >= 0.6 is 11.6 Å². The van der Waals surface area contributed by atoms with Crippen LogP contribution < -0.4 is 5.32 Å². The fourth-order valence-electron chi connectivity index (χ4n) is 0.869. The summed E-state index contributed by atoms with van der Waals surface area (Å²) in [4.78, 5) is 29.2. The molecule has 16 heavy (non-hydrogen) atoms. The van der Waals surface area contributed by atoms with Gasteiger partial charge in [-0.2, -0.15) is 0 Å². The number of carbonyl (C=O) groups excluding carboxylic acids is 1. The SMILES string of the molecule is O=C(N[C@@H](CO)C(=O)O)c1cncc(Cl)n1. The van der Waals surface area contributed by atoms with Crippen molar-refractivity contribution >= 4 is 23.5 Å². The van der Waals surface area contributed by atoms with Crippen molar-refractivity contribution in [3.05, 3.63) is 23.2 Å². The highest BCUT2D eigenvalue weighted by molar-refractivity contribution is 6.29. The topological polar surface area (TPSA) is 112 Å². The molecule has 8 heteroatoms. The van der Waals surface area contributed by atoms with Gasteiger partial charge in [0.2, 0.25) is 0 Å². The third kappa shape index (κ3) is 3.14. The Kier molecular flexibility index (Phi) is 4.15. The molecule has 0 aliphatic heterocycles. The molecule has 1 atom stereocenters. The van der Waals surface area contributed by atoms with Gasteiger partial charge in [0, 0.05) is 0 Å². The second-order valence-corrected chi connectivity index (χ2v) is 3.16. The van der Waals surface area contributed by atoms with Crippen LogP contribution in [0, 0.1) is 0 Å². The number of halogens is 1. The fourth-order valence-corrected chi connectivity index (χ4v) is 1.02. The Labute approximate surface area is 95.1 Å². The summed E-state index contributed by atoms with van der Waals surface area (Å²) in [6, 6.07) is -1.38. The first-order chi connectivity index (χ1) is 7.54. The number of hydrogen-bond acceptors (Lipinski definition) is 5. The zero-order valence-corrected chi connectivity index (χ0v) is 8.68. The Bertz CT molecular complexity index is 412. The minimum Gasteiger partial charge on any atom is -0.480 e. The second kappa shape index (κ2) is 5.38. The highest BCUT2D eigenvalue weighted by Crippen LogP contribution is 2.02. The summed E-state index contributed by atoms with van der Waals surface area (Å²) in [6.45, 7) is -0.713. The van der Waals surface area contributed by atoms with E-state index in [1.54, 1.807) is 0 Å². The lowest BCUT2D eigenvalue weighted by atomic mass is 10.3. The van der Waals surface area contributed by atoms with Crippen LogP contribution in [0.25, 0.3) is 0 Å². The molecule has 0 unspecified atom stereocenters. The molecular formula is C8H8ClN3O4. The molecule has 86 valence electrons. The first-order valence-corrected chi connectivity index (χ1v) is 4.54. The number of carboxylic acid groups (broad SMARTS) is 1. The number of aliphatic carboxylic acids is 1. The number of amides is 1. The lowest BCUT2D eigenvalue weighted by molar-refractivity contribution is -0.140. The molecule has 0 aromatic carbocycles. The summed E-state index contributed by atoms with van der Waals surface area (Å²) in [7, 11) is 0. The Morgan fingerprint density at radius 3 is 2.69 bits per heavy atom. The van der Waals surface area contributed by atoms with E-state index in [0.717, 1.165) is 6.20 Å². The van der Waals surface area contributed by atoms with Gasteiger partial charge in [0.05, 0.1) is 19.0 Å². The maximum atomic E-state index is 11.4. The molecule has 0 aliphatic carbocycles. The summed E-state index contributed by atoms with van der Waals surface area (Å²) >= 11 is 5.50. The number of aliphatic hydroxyl groups excluding tert-OH is 1. The predicted molar refractivity (Wildman–Crippen MR) is 53.0 cm³/mol. The van der Waals surface area contributed by atoms with Crippen molar-refractivity contribution in [2.45, 2.75) is 6.04 Å². The van der Waals surface area contributed by atoms with Crippen molar-refractivity contribution in [3.63, 3.8) is 0 Å². The minimum absolute atomic E-state index is 0.0172. The molecule has 3 N–H and O–H groups in total. The average molecular weight is 246 g/mol. The van der Waals surface area contributed by atoms with E-state index in [1.807, 2.05) is 0 Å². The summed E-state index contributed by atoms with van der Waals surface area (Å²) < 4.78 is 0. The standard InChI is InChI=1S/C8H8ClN3O4/c9-6-2-10-1-4(11-6)7(14)12-5(3-13)8(15)16/h1-2,5,13H,3H2,(H,12,14)(H,15,16)/t5-/m0/s1. The Balaban J connectivity index is 2.75. The van der Waals surface area contributed by atoms with Crippen LogP contribution in [0.5, 0.6) is 0 Å². The van der Waals surface area contributed by atoms with Crippen LogP contribution in [-0.4, -0.2) is 44.7 Å². The van der Waals surface area contributed by atoms with Gasteiger partial charge in [0.1, 0.15) is 10.8 Å². The van der Waals surface area contributed by atoms with Crippen molar-refractivity contribution in [3.8, 4) is 0 Å². The summed E-state index contributed by atoms with van der Waals surface area (Å²) in [5.74, 6) is -2.11. The number of aliphatic hydroxyl groups is 1. The number of carbonyl (C=O) groups is 2. The van der Waals surface area contributed by atoms with Crippen molar-refractivity contribution in [2.75, 3.05) is 6.61 Å². The van der Waals surface area contributed by atoms with Gasteiger partial charge in [-0.05, 0) is 0 Å². The van der Waals surface area contributed by atoms with E-state index >= 15 is 0 Å². The summed E-state index contributed by atoms with van der Waals surface area (Å²) in [6.07, 6.45) is 2.37.